The Labute approximate surface area is 179 Å². The largest absolute Gasteiger partial charge is 0.478 e. The number of halogens is 1. The van der Waals surface area contributed by atoms with Crippen molar-refractivity contribution in [3.05, 3.63) is 60.5 Å². The van der Waals surface area contributed by atoms with Gasteiger partial charge in [0, 0.05) is 24.1 Å². The van der Waals surface area contributed by atoms with E-state index in [2.05, 4.69) is 10.3 Å². The highest BCUT2D eigenvalue weighted by atomic mass is 19.1. The minimum Gasteiger partial charge on any atom is -0.478 e. The molecule has 0 fully saturated rings. The number of rotatable bonds is 13. The van der Waals surface area contributed by atoms with Crippen LogP contribution >= 0.6 is 0 Å². The fourth-order valence-corrected chi connectivity index (χ4v) is 2.91. The Morgan fingerprint density at radius 1 is 1.07 bits per heavy atom. The van der Waals surface area contributed by atoms with Gasteiger partial charge in [-0.15, -0.1) is 0 Å². The number of allylic oxidation sites excluding steroid dienone is 3. The van der Waals surface area contributed by atoms with Crippen molar-refractivity contribution in [2.45, 2.75) is 52.4 Å². The second-order valence-corrected chi connectivity index (χ2v) is 7.81. The summed E-state index contributed by atoms with van der Waals surface area (Å²) in [6, 6.07) is 11.9. The summed E-state index contributed by atoms with van der Waals surface area (Å²) in [7, 11) is 0. The number of carbonyl (C=O) groups excluding carboxylic acids is 1. The predicted molar refractivity (Wildman–Crippen MR) is 121 cm³/mol. The van der Waals surface area contributed by atoms with Crippen molar-refractivity contribution in [2.75, 3.05) is 13.2 Å². The molecule has 2 aromatic rings. The molecule has 1 heterocycles. The number of hydrogen-bond acceptors (Lipinski definition) is 3. The van der Waals surface area contributed by atoms with Crippen LogP contribution in [0.5, 0.6) is 5.88 Å². The van der Waals surface area contributed by atoms with Crippen LogP contribution in [0.1, 0.15) is 52.4 Å². The van der Waals surface area contributed by atoms with Crippen LogP contribution in [0, 0.1) is 5.92 Å². The molecule has 0 atom stereocenters. The second-order valence-electron chi connectivity index (χ2n) is 7.81. The summed E-state index contributed by atoms with van der Waals surface area (Å²) >= 11 is 0. The standard InChI is InChI=1S/C25H33FN2O2/c1-20(2)19-27-24(29)16-15-22(26)12-7-5-3-4-6-10-18-30-25-17-14-21-11-8-9-13-23(21)28-25/h8-9,11-17,20H,3-7,10,18-19H2,1-2H3,(H,27,29)/b16-15+,22-12+. The van der Waals surface area contributed by atoms with Crippen molar-refractivity contribution in [1.29, 1.82) is 0 Å². The van der Waals surface area contributed by atoms with Crippen LogP contribution in [0.2, 0.25) is 0 Å². The van der Waals surface area contributed by atoms with Gasteiger partial charge in [-0.25, -0.2) is 9.37 Å². The molecule has 0 bridgehead atoms. The van der Waals surface area contributed by atoms with Gasteiger partial charge in [0.05, 0.1) is 12.1 Å². The Balaban J connectivity index is 1.51. The van der Waals surface area contributed by atoms with E-state index >= 15 is 0 Å². The average Bonchev–Trinajstić information content (AvgIpc) is 2.75. The number of carbonyl (C=O) groups is 1. The molecule has 0 unspecified atom stereocenters. The van der Waals surface area contributed by atoms with Crippen LogP contribution < -0.4 is 10.1 Å². The van der Waals surface area contributed by atoms with Crippen molar-refractivity contribution < 1.29 is 13.9 Å². The Morgan fingerprint density at radius 3 is 2.67 bits per heavy atom. The molecule has 5 heteroatoms. The zero-order valence-electron chi connectivity index (χ0n) is 18.1. The Bertz CT molecular complexity index is 846. The van der Waals surface area contributed by atoms with E-state index in [-0.39, 0.29) is 11.7 Å². The van der Waals surface area contributed by atoms with Gasteiger partial charge in [-0.1, -0.05) is 51.3 Å². The third kappa shape index (κ3) is 9.68. The summed E-state index contributed by atoms with van der Waals surface area (Å²) in [6.45, 7) is 5.28. The zero-order valence-corrected chi connectivity index (χ0v) is 18.1. The molecule has 0 aliphatic rings. The molecule has 30 heavy (non-hydrogen) atoms. The lowest BCUT2D eigenvalue weighted by Gasteiger charge is -2.06. The predicted octanol–water partition coefficient (Wildman–Crippen LogP) is 6.14. The highest BCUT2D eigenvalue weighted by Crippen LogP contribution is 2.16. The topological polar surface area (TPSA) is 51.2 Å². The van der Waals surface area contributed by atoms with Crippen LogP contribution in [0.15, 0.2) is 60.5 Å². The number of amides is 1. The molecule has 0 saturated heterocycles. The number of benzene rings is 1. The molecule has 1 aromatic carbocycles. The summed E-state index contributed by atoms with van der Waals surface area (Å²) in [5.74, 6) is 0.434. The Hall–Kier alpha value is -2.69. The Morgan fingerprint density at radius 2 is 1.83 bits per heavy atom. The van der Waals surface area contributed by atoms with E-state index in [4.69, 9.17) is 4.74 Å². The lowest BCUT2D eigenvalue weighted by Crippen LogP contribution is -2.25. The molecule has 0 radical (unpaired) electrons. The van der Waals surface area contributed by atoms with Gasteiger partial charge in [0.2, 0.25) is 11.8 Å². The van der Waals surface area contributed by atoms with Gasteiger partial charge >= 0.3 is 0 Å². The number of para-hydroxylation sites is 1. The fourth-order valence-electron chi connectivity index (χ4n) is 2.91. The summed E-state index contributed by atoms with van der Waals surface area (Å²) < 4.78 is 19.4. The number of unbranched alkanes of at least 4 members (excludes halogenated alkanes) is 5. The number of hydrogen-bond donors (Lipinski definition) is 1. The SMILES string of the molecule is CC(C)CNC(=O)/C=C/C(F)=C\CCCCCCCOc1ccc2ccccc2n1. The molecular weight excluding hydrogens is 379 g/mol. The third-order valence-electron chi connectivity index (χ3n) is 4.59. The molecule has 1 amide bonds. The third-order valence-corrected chi connectivity index (χ3v) is 4.59. The van der Waals surface area contributed by atoms with E-state index < -0.39 is 0 Å². The average molecular weight is 413 g/mol. The molecule has 0 spiro atoms. The van der Waals surface area contributed by atoms with E-state index in [1.54, 1.807) is 6.08 Å². The van der Waals surface area contributed by atoms with Gasteiger partial charge in [-0.2, -0.15) is 0 Å². The lowest BCUT2D eigenvalue weighted by atomic mass is 10.1. The summed E-state index contributed by atoms with van der Waals surface area (Å²) in [5.41, 5.74) is 0.946. The number of pyridine rings is 1. The van der Waals surface area contributed by atoms with Gasteiger partial charge in [0.25, 0.3) is 0 Å². The highest BCUT2D eigenvalue weighted by Gasteiger charge is 2.00. The normalized spacial score (nSPS) is 12.1. The minimum absolute atomic E-state index is 0.256. The van der Waals surface area contributed by atoms with E-state index in [0.29, 0.717) is 31.4 Å². The minimum atomic E-state index is -0.356. The molecule has 2 rings (SSSR count). The number of fused-ring (bicyclic) bond motifs is 1. The molecular formula is C25H33FN2O2. The van der Waals surface area contributed by atoms with Gasteiger partial charge in [0.15, 0.2) is 0 Å². The molecule has 1 N–H and O–H groups in total. The summed E-state index contributed by atoms with van der Waals surface area (Å²) in [6.07, 6.45) is 9.85. The fraction of sp³-hybridized carbons (Fsp3) is 0.440. The van der Waals surface area contributed by atoms with Crippen LogP contribution in [0.25, 0.3) is 10.9 Å². The molecule has 1 aromatic heterocycles. The molecule has 0 aliphatic carbocycles. The van der Waals surface area contributed by atoms with Crippen molar-refractivity contribution >= 4 is 16.8 Å². The number of ether oxygens (including phenoxy) is 1. The van der Waals surface area contributed by atoms with Crippen LogP contribution in [-0.2, 0) is 4.79 Å². The summed E-state index contributed by atoms with van der Waals surface area (Å²) in [5, 5.41) is 3.83. The van der Waals surface area contributed by atoms with Crippen LogP contribution in [-0.4, -0.2) is 24.0 Å². The van der Waals surface area contributed by atoms with Gasteiger partial charge < -0.3 is 10.1 Å². The van der Waals surface area contributed by atoms with Crippen LogP contribution in [0.3, 0.4) is 0 Å². The maximum Gasteiger partial charge on any atom is 0.244 e. The number of nitrogens with one attached hydrogen (secondary N) is 1. The van der Waals surface area contributed by atoms with Crippen molar-refractivity contribution in [2.24, 2.45) is 5.92 Å². The van der Waals surface area contributed by atoms with Crippen molar-refractivity contribution in [3.63, 3.8) is 0 Å². The maximum atomic E-state index is 13.7. The van der Waals surface area contributed by atoms with Gasteiger partial charge in [-0.3, -0.25) is 4.79 Å². The van der Waals surface area contributed by atoms with E-state index in [0.717, 1.165) is 43.0 Å². The first-order chi connectivity index (χ1) is 14.5. The van der Waals surface area contributed by atoms with E-state index in [1.807, 2.05) is 50.2 Å². The zero-order chi connectivity index (χ0) is 21.6. The van der Waals surface area contributed by atoms with Gasteiger partial charge in [-0.05, 0) is 49.5 Å². The Kier molecular flexibility index (Phi) is 10.6. The highest BCUT2D eigenvalue weighted by molar-refractivity contribution is 5.87. The molecule has 0 aliphatic heterocycles. The number of aromatic nitrogens is 1. The molecule has 0 saturated carbocycles. The molecule has 162 valence electrons. The van der Waals surface area contributed by atoms with Crippen LogP contribution in [0.4, 0.5) is 4.39 Å². The summed E-state index contributed by atoms with van der Waals surface area (Å²) in [4.78, 5) is 16.0. The van der Waals surface area contributed by atoms with E-state index in [1.165, 1.54) is 12.2 Å². The lowest BCUT2D eigenvalue weighted by molar-refractivity contribution is -0.116. The number of nitrogens with zero attached hydrogens (tertiary/aromatic N) is 1. The smallest absolute Gasteiger partial charge is 0.244 e. The first-order valence-corrected chi connectivity index (χ1v) is 10.8. The maximum absolute atomic E-state index is 13.7. The molecule has 4 nitrogen and oxygen atoms in total. The first-order valence-electron chi connectivity index (χ1n) is 10.8. The van der Waals surface area contributed by atoms with Crippen molar-refractivity contribution in [1.82, 2.24) is 10.3 Å². The van der Waals surface area contributed by atoms with Gasteiger partial charge in [0.1, 0.15) is 5.83 Å². The first kappa shape index (κ1) is 23.6. The van der Waals surface area contributed by atoms with Crippen molar-refractivity contribution in [3.8, 4) is 5.88 Å². The second kappa shape index (κ2) is 13.5. The van der Waals surface area contributed by atoms with E-state index in [9.17, 15) is 9.18 Å². The monoisotopic (exact) mass is 412 g/mol. The quantitative estimate of drug-likeness (QED) is 0.244.